The van der Waals surface area contributed by atoms with Gasteiger partial charge in [0.2, 0.25) is 0 Å². The van der Waals surface area contributed by atoms with E-state index in [0.717, 1.165) is 19.5 Å². The van der Waals surface area contributed by atoms with Crippen molar-refractivity contribution in [3.8, 4) is 5.75 Å². The summed E-state index contributed by atoms with van der Waals surface area (Å²) in [7, 11) is 0. The van der Waals surface area contributed by atoms with Crippen molar-refractivity contribution in [3.63, 3.8) is 0 Å². The Kier molecular flexibility index (Phi) is 2.86. The Bertz CT molecular complexity index is 344. The Balaban J connectivity index is 1.91. The van der Waals surface area contributed by atoms with E-state index in [-0.39, 0.29) is 12.6 Å². The van der Waals surface area contributed by atoms with Gasteiger partial charge in [-0.1, -0.05) is 0 Å². The Hall–Kier alpha value is -1.56. The predicted molar refractivity (Wildman–Crippen MR) is 51.8 cm³/mol. The fourth-order valence-electron chi connectivity index (χ4n) is 1.55. The molecule has 0 amide bonds. The molecule has 0 aliphatic carbocycles. The third kappa shape index (κ3) is 2.69. The lowest BCUT2D eigenvalue weighted by atomic mass is 10.3. The Morgan fingerprint density at radius 1 is 1.80 bits per heavy atom. The van der Waals surface area contributed by atoms with E-state index in [2.05, 4.69) is 10.4 Å². The van der Waals surface area contributed by atoms with Crippen LogP contribution >= 0.6 is 0 Å². The fourth-order valence-corrected chi connectivity index (χ4v) is 1.55. The smallest absolute Gasteiger partial charge is 0.325 e. The van der Waals surface area contributed by atoms with E-state index >= 15 is 0 Å². The number of ether oxygens (including phenoxy) is 1. The first-order valence-electron chi connectivity index (χ1n) is 4.85. The molecule has 2 rings (SSSR count). The summed E-state index contributed by atoms with van der Waals surface area (Å²) in [6.07, 6.45) is 4.30. The molecule has 6 heteroatoms. The molecule has 1 atom stereocenters. The van der Waals surface area contributed by atoms with E-state index < -0.39 is 5.97 Å². The largest absolute Gasteiger partial charge is 0.486 e. The van der Waals surface area contributed by atoms with E-state index in [1.165, 1.54) is 4.68 Å². The number of nitrogens with zero attached hydrogens (tertiary/aromatic N) is 2. The van der Waals surface area contributed by atoms with Crippen molar-refractivity contribution in [2.45, 2.75) is 19.1 Å². The van der Waals surface area contributed by atoms with Crippen LogP contribution in [0.3, 0.4) is 0 Å². The molecule has 1 aromatic heterocycles. The summed E-state index contributed by atoms with van der Waals surface area (Å²) in [4.78, 5) is 10.4. The number of nitrogens with one attached hydrogen (secondary N) is 1. The maximum atomic E-state index is 10.4. The summed E-state index contributed by atoms with van der Waals surface area (Å²) in [5.74, 6) is -0.280. The summed E-state index contributed by atoms with van der Waals surface area (Å²) in [5.41, 5.74) is 0. The third-order valence-electron chi connectivity index (χ3n) is 2.22. The molecule has 1 saturated heterocycles. The average molecular weight is 211 g/mol. The van der Waals surface area contributed by atoms with Crippen molar-refractivity contribution >= 4 is 5.97 Å². The van der Waals surface area contributed by atoms with Crippen molar-refractivity contribution in [1.82, 2.24) is 15.1 Å². The van der Waals surface area contributed by atoms with Crippen molar-refractivity contribution in [3.05, 3.63) is 12.4 Å². The molecule has 0 aromatic carbocycles. The van der Waals surface area contributed by atoms with Crippen LogP contribution in [0.5, 0.6) is 5.75 Å². The summed E-state index contributed by atoms with van der Waals surface area (Å²) in [5, 5.41) is 15.6. The molecule has 1 aromatic rings. The quantitative estimate of drug-likeness (QED) is 0.715. The average Bonchev–Trinajstić information content (AvgIpc) is 2.77. The molecule has 0 radical (unpaired) electrons. The van der Waals surface area contributed by atoms with Gasteiger partial charge in [0.1, 0.15) is 12.6 Å². The summed E-state index contributed by atoms with van der Waals surface area (Å²) >= 11 is 0. The first kappa shape index (κ1) is 9.97. The minimum Gasteiger partial charge on any atom is -0.486 e. The highest BCUT2D eigenvalue weighted by Gasteiger charge is 2.16. The first-order chi connectivity index (χ1) is 7.24. The number of carboxylic acid groups (broad SMARTS) is 1. The molecule has 2 N–H and O–H groups in total. The lowest BCUT2D eigenvalue weighted by Gasteiger charge is -2.09. The fraction of sp³-hybridized carbons (Fsp3) is 0.556. The molecule has 1 aliphatic rings. The molecule has 82 valence electrons. The van der Waals surface area contributed by atoms with Crippen LogP contribution in [0.4, 0.5) is 0 Å². The van der Waals surface area contributed by atoms with Gasteiger partial charge in [-0.3, -0.25) is 9.48 Å². The molecular formula is C9H13N3O3. The SMILES string of the molecule is O=C(O)Cn1cc(OC2CCNC2)cn1. The van der Waals surface area contributed by atoms with Crippen LogP contribution in [-0.4, -0.2) is 40.0 Å². The van der Waals surface area contributed by atoms with Gasteiger partial charge in [0.05, 0.1) is 12.4 Å². The summed E-state index contributed by atoms with van der Waals surface area (Å²) in [6, 6.07) is 0. The van der Waals surface area contributed by atoms with Gasteiger partial charge in [0, 0.05) is 6.54 Å². The topological polar surface area (TPSA) is 76.4 Å². The molecule has 1 fully saturated rings. The standard InChI is InChI=1S/C9H13N3O3/c13-9(14)6-12-5-8(4-11-12)15-7-1-2-10-3-7/h4-5,7,10H,1-3,6H2,(H,13,14). The van der Waals surface area contributed by atoms with Gasteiger partial charge in [-0.25, -0.2) is 0 Å². The number of rotatable bonds is 4. The Morgan fingerprint density at radius 2 is 2.67 bits per heavy atom. The number of carbonyl (C=O) groups is 1. The Labute approximate surface area is 86.8 Å². The van der Waals surface area contributed by atoms with Gasteiger partial charge in [0.25, 0.3) is 0 Å². The van der Waals surface area contributed by atoms with Crippen molar-refractivity contribution in [2.24, 2.45) is 0 Å². The summed E-state index contributed by atoms with van der Waals surface area (Å²) in [6.45, 7) is 1.67. The van der Waals surface area contributed by atoms with Crippen LogP contribution in [0.25, 0.3) is 0 Å². The zero-order valence-electron chi connectivity index (χ0n) is 8.22. The highest BCUT2D eigenvalue weighted by molar-refractivity contribution is 5.66. The van der Waals surface area contributed by atoms with Crippen molar-refractivity contribution in [2.75, 3.05) is 13.1 Å². The maximum Gasteiger partial charge on any atom is 0.325 e. The second-order valence-corrected chi connectivity index (χ2v) is 3.50. The van der Waals surface area contributed by atoms with Crippen LogP contribution in [0.1, 0.15) is 6.42 Å². The molecule has 1 unspecified atom stereocenters. The predicted octanol–water partition coefficient (Wildman–Crippen LogP) is -0.292. The monoisotopic (exact) mass is 211 g/mol. The van der Waals surface area contributed by atoms with E-state index in [1.807, 2.05) is 0 Å². The van der Waals surface area contributed by atoms with Gasteiger partial charge in [0.15, 0.2) is 5.75 Å². The second-order valence-electron chi connectivity index (χ2n) is 3.50. The Morgan fingerprint density at radius 3 is 3.33 bits per heavy atom. The van der Waals surface area contributed by atoms with E-state index in [0.29, 0.717) is 5.75 Å². The molecule has 15 heavy (non-hydrogen) atoms. The minimum atomic E-state index is -0.910. The second kappa shape index (κ2) is 4.31. The van der Waals surface area contributed by atoms with Gasteiger partial charge in [-0.05, 0) is 13.0 Å². The molecule has 0 saturated carbocycles. The number of aromatic nitrogens is 2. The normalized spacial score (nSPS) is 20.4. The first-order valence-corrected chi connectivity index (χ1v) is 4.85. The lowest BCUT2D eigenvalue weighted by molar-refractivity contribution is -0.137. The zero-order chi connectivity index (χ0) is 10.7. The number of hydrogen-bond acceptors (Lipinski definition) is 4. The highest BCUT2D eigenvalue weighted by Crippen LogP contribution is 2.13. The summed E-state index contributed by atoms with van der Waals surface area (Å²) < 4.78 is 6.95. The highest BCUT2D eigenvalue weighted by atomic mass is 16.5. The zero-order valence-corrected chi connectivity index (χ0v) is 8.22. The number of hydrogen-bond donors (Lipinski definition) is 2. The van der Waals surface area contributed by atoms with E-state index in [4.69, 9.17) is 9.84 Å². The van der Waals surface area contributed by atoms with Gasteiger partial charge in [-0.15, -0.1) is 0 Å². The van der Waals surface area contributed by atoms with Crippen LogP contribution in [-0.2, 0) is 11.3 Å². The number of aliphatic carboxylic acids is 1. The van der Waals surface area contributed by atoms with Gasteiger partial charge < -0.3 is 15.2 Å². The molecular weight excluding hydrogens is 198 g/mol. The van der Waals surface area contributed by atoms with Crippen LogP contribution < -0.4 is 10.1 Å². The molecule has 2 heterocycles. The number of carboxylic acids is 1. The lowest BCUT2D eigenvalue weighted by Crippen LogP contribution is -2.19. The van der Waals surface area contributed by atoms with Crippen LogP contribution in [0.2, 0.25) is 0 Å². The molecule has 1 aliphatic heterocycles. The van der Waals surface area contributed by atoms with Crippen LogP contribution in [0.15, 0.2) is 12.4 Å². The van der Waals surface area contributed by atoms with Crippen molar-refractivity contribution in [1.29, 1.82) is 0 Å². The third-order valence-corrected chi connectivity index (χ3v) is 2.22. The molecule has 0 bridgehead atoms. The van der Waals surface area contributed by atoms with Crippen molar-refractivity contribution < 1.29 is 14.6 Å². The van der Waals surface area contributed by atoms with E-state index in [9.17, 15) is 4.79 Å². The van der Waals surface area contributed by atoms with Gasteiger partial charge >= 0.3 is 5.97 Å². The minimum absolute atomic E-state index is 0.133. The molecule has 0 spiro atoms. The molecule has 6 nitrogen and oxygen atoms in total. The van der Waals surface area contributed by atoms with Gasteiger partial charge in [-0.2, -0.15) is 5.10 Å². The van der Waals surface area contributed by atoms with E-state index in [1.54, 1.807) is 12.4 Å². The van der Waals surface area contributed by atoms with Crippen LogP contribution in [0, 0.1) is 0 Å². The maximum absolute atomic E-state index is 10.4.